The zero-order valence-corrected chi connectivity index (χ0v) is 10.1. The Morgan fingerprint density at radius 1 is 1.29 bits per heavy atom. The molecule has 14 heavy (non-hydrogen) atoms. The van der Waals surface area contributed by atoms with Crippen LogP contribution in [0.2, 0.25) is 0 Å². The highest BCUT2D eigenvalue weighted by Crippen LogP contribution is 2.36. The fraction of sp³-hybridized carbons (Fsp3) is 1.00. The largest absolute Gasteiger partial charge is 0.390 e. The fourth-order valence-corrected chi connectivity index (χ4v) is 2.62. The summed E-state index contributed by atoms with van der Waals surface area (Å²) >= 11 is 0. The Labute approximate surface area is 88.9 Å². The Balaban J connectivity index is 2.25. The lowest BCUT2D eigenvalue weighted by atomic mass is 9.83. The van der Waals surface area contributed by atoms with Crippen LogP contribution in [0.4, 0.5) is 0 Å². The summed E-state index contributed by atoms with van der Waals surface area (Å²) in [6.45, 7) is 6.55. The first-order chi connectivity index (χ1) is 6.52. The van der Waals surface area contributed by atoms with Crippen LogP contribution in [0.3, 0.4) is 0 Å². The third kappa shape index (κ3) is 3.61. The summed E-state index contributed by atoms with van der Waals surface area (Å²) in [6.07, 6.45) is 8.57. The molecule has 0 amide bonds. The molecule has 1 saturated carbocycles. The second-order valence-corrected chi connectivity index (χ2v) is 5.62. The summed E-state index contributed by atoms with van der Waals surface area (Å²) in [5.41, 5.74) is -0.384. The van der Waals surface area contributed by atoms with E-state index < -0.39 is 0 Å². The molecule has 0 heterocycles. The minimum Gasteiger partial charge on any atom is -0.390 e. The van der Waals surface area contributed by atoms with E-state index in [-0.39, 0.29) is 5.60 Å². The maximum Gasteiger partial charge on any atom is 0.0647 e. The molecule has 1 atom stereocenters. The summed E-state index contributed by atoms with van der Waals surface area (Å²) in [5, 5.41) is 10.3. The van der Waals surface area contributed by atoms with Crippen LogP contribution in [-0.4, -0.2) is 10.7 Å². The Hall–Kier alpha value is -0.0400. The van der Waals surface area contributed by atoms with Gasteiger partial charge in [0, 0.05) is 0 Å². The molecule has 1 aliphatic carbocycles. The van der Waals surface area contributed by atoms with Gasteiger partial charge in [-0.05, 0) is 38.0 Å². The highest BCUT2D eigenvalue weighted by atomic mass is 16.3. The van der Waals surface area contributed by atoms with Crippen molar-refractivity contribution < 1.29 is 5.11 Å². The molecule has 1 rings (SSSR count). The van der Waals surface area contributed by atoms with E-state index in [2.05, 4.69) is 13.8 Å². The lowest BCUT2D eigenvalue weighted by Crippen LogP contribution is -2.32. The Morgan fingerprint density at radius 3 is 2.36 bits per heavy atom. The van der Waals surface area contributed by atoms with E-state index in [9.17, 15) is 5.11 Å². The van der Waals surface area contributed by atoms with Crippen LogP contribution in [0.5, 0.6) is 0 Å². The molecular formula is C13H26O. The summed E-state index contributed by atoms with van der Waals surface area (Å²) in [4.78, 5) is 0. The van der Waals surface area contributed by atoms with E-state index in [0.29, 0.717) is 5.92 Å². The van der Waals surface area contributed by atoms with Gasteiger partial charge in [-0.1, -0.05) is 39.5 Å². The zero-order valence-electron chi connectivity index (χ0n) is 10.1. The van der Waals surface area contributed by atoms with Crippen molar-refractivity contribution in [3.05, 3.63) is 0 Å². The topological polar surface area (TPSA) is 20.2 Å². The number of hydrogen-bond acceptors (Lipinski definition) is 1. The average molecular weight is 198 g/mol. The molecule has 0 saturated heterocycles. The van der Waals surface area contributed by atoms with Gasteiger partial charge in [0.15, 0.2) is 0 Å². The number of rotatable bonds is 5. The van der Waals surface area contributed by atoms with Crippen molar-refractivity contribution in [1.29, 1.82) is 0 Å². The fourth-order valence-electron chi connectivity index (χ4n) is 2.62. The molecule has 1 fully saturated rings. The molecular weight excluding hydrogens is 172 g/mol. The van der Waals surface area contributed by atoms with Gasteiger partial charge in [-0.15, -0.1) is 0 Å². The molecule has 0 bridgehead atoms. The van der Waals surface area contributed by atoms with Crippen molar-refractivity contribution in [1.82, 2.24) is 0 Å². The van der Waals surface area contributed by atoms with Gasteiger partial charge in [-0.25, -0.2) is 0 Å². The Morgan fingerprint density at radius 2 is 1.86 bits per heavy atom. The summed E-state index contributed by atoms with van der Waals surface area (Å²) in [7, 11) is 0. The molecule has 1 N–H and O–H groups in total. The van der Waals surface area contributed by atoms with Crippen LogP contribution < -0.4 is 0 Å². The summed E-state index contributed by atoms with van der Waals surface area (Å²) in [6, 6.07) is 0. The van der Waals surface area contributed by atoms with Gasteiger partial charge in [-0.3, -0.25) is 0 Å². The van der Waals surface area contributed by atoms with Crippen molar-refractivity contribution in [2.45, 2.75) is 71.3 Å². The van der Waals surface area contributed by atoms with E-state index in [1.54, 1.807) is 0 Å². The number of aliphatic hydroxyl groups is 1. The normalized spacial score (nSPS) is 22.9. The predicted octanol–water partition coefficient (Wildman–Crippen LogP) is 3.75. The van der Waals surface area contributed by atoms with Crippen molar-refractivity contribution in [3.63, 3.8) is 0 Å². The van der Waals surface area contributed by atoms with E-state index in [0.717, 1.165) is 12.3 Å². The van der Waals surface area contributed by atoms with Crippen molar-refractivity contribution in [2.75, 3.05) is 0 Å². The lowest BCUT2D eigenvalue weighted by Gasteiger charge is -2.30. The molecule has 0 aromatic rings. The smallest absolute Gasteiger partial charge is 0.0647 e. The van der Waals surface area contributed by atoms with Crippen molar-refractivity contribution >= 4 is 0 Å². The van der Waals surface area contributed by atoms with E-state index in [1.165, 1.54) is 38.5 Å². The van der Waals surface area contributed by atoms with Crippen LogP contribution in [0.15, 0.2) is 0 Å². The molecule has 0 spiro atoms. The first-order valence-corrected chi connectivity index (χ1v) is 6.25. The molecule has 1 unspecified atom stereocenters. The maximum absolute atomic E-state index is 10.3. The monoisotopic (exact) mass is 198 g/mol. The average Bonchev–Trinajstić information content (AvgIpc) is 2.54. The molecule has 0 aliphatic heterocycles. The zero-order chi connectivity index (χ0) is 10.6. The van der Waals surface area contributed by atoms with Crippen molar-refractivity contribution in [3.8, 4) is 0 Å². The van der Waals surface area contributed by atoms with E-state index in [4.69, 9.17) is 0 Å². The second-order valence-electron chi connectivity index (χ2n) is 5.62. The van der Waals surface area contributed by atoms with Gasteiger partial charge in [0.2, 0.25) is 0 Å². The van der Waals surface area contributed by atoms with E-state index >= 15 is 0 Å². The molecule has 84 valence electrons. The quantitative estimate of drug-likeness (QED) is 0.713. The van der Waals surface area contributed by atoms with Gasteiger partial charge in [0.1, 0.15) is 0 Å². The second kappa shape index (κ2) is 5.16. The van der Waals surface area contributed by atoms with Gasteiger partial charge in [0.25, 0.3) is 0 Å². The van der Waals surface area contributed by atoms with Crippen LogP contribution in [-0.2, 0) is 0 Å². The summed E-state index contributed by atoms with van der Waals surface area (Å²) in [5.74, 6) is 1.35. The SMILES string of the molecule is CC(C)CCCC(C)(O)C1CCCC1. The Kier molecular flexibility index (Phi) is 4.43. The standard InChI is InChI=1S/C13H26O/c1-11(2)7-6-10-13(3,14)12-8-4-5-9-12/h11-12,14H,4-10H2,1-3H3. The highest BCUT2D eigenvalue weighted by Gasteiger charge is 2.33. The van der Waals surface area contributed by atoms with Crippen LogP contribution in [0, 0.1) is 11.8 Å². The lowest BCUT2D eigenvalue weighted by molar-refractivity contribution is -0.00894. The first kappa shape index (κ1) is 12.0. The summed E-state index contributed by atoms with van der Waals surface area (Å²) < 4.78 is 0. The molecule has 1 heteroatoms. The Bertz CT molecular complexity index is 155. The van der Waals surface area contributed by atoms with Crippen molar-refractivity contribution in [2.24, 2.45) is 11.8 Å². The molecule has 1 aliphatic rings. The molecule has 0 aromatic carbocycles. The predicted molar refractivity (Wildman–Crippen MR) is 61.3 cm³/mol. The van der Waals surface area contributed by atoms with Gasteiger partial charge >= 0.3 is 0 Å². The first-order valence-electron chi connectivity index (χ1n) is 6.25. The van der Waals surface area contributed by atoms with Gasteiger partial charge in [-0.2, -0.15) is 0 Å². The highest BCUT2D eigenvalue weighted by molar-refractivity contribution is 4.85. The van der Waals surface area contributed by atoms with Crippen LogP contribution >= 0.6 is 0 Å². The minimum absolute atomic E-state index is 0.384. The minimum atomic E-state index is -0.384. The van der Waals surface area contributed by atoms with E-state index in [1.807, 2.05) is 6.92 Å². The van der Waals surface area contributed by atoms with Gasteiger partial charge < -0.3 is 5.11 Å². The van der Waals surface area contributed by atoms with Gasteiger partial charge in [0.05, 0.1) is 5.60 Å². The van der Waals surface area contributed by atoms with Crippen LogP contribution in [0.25, 0.3) is 0 Å². The number of hydrogen-bond donors (Lipinski definition) is 1. The third-order valence-electron chi connectivity index (χ3n) is 3.70. The third-order valence-corrected chi connectivity index (χ3v) is 3.70. The molecule has 1 nitrogen and oxygen atoms in total. The molecule has 0 aromatic heterocycles. The van der Waals surface area contributed by atoms with Crippen LogP contribution in [0.1, 0.15) is 65.7 Å². The maximum atomic E-state index is 10.3. The molecule has 0 radical (unpaired) electrons.